The average molecular weight is 366 g/mol. The van der Waals surface area contributed by atoms with Gasteiger partial charge in [-0.15, -0.1) is 0 Å². The van der Waals surface area contributed by atoms with E-state index in [1.165, 1.54) is 54.6 Å². The summed E-state index contributed by atoms with van der Waals surface area (Å²) >= 11 is 6.41. The third-order valence-corrected chi connectivity index (χ3v) is 6.65. The first-order valence-corrected chi connectivity index (χ1v) is 10.4. The minimum atomic E-state index is 0.439. The van der Waals surface area contributed by atoms with Crippen molar-refractivity contribution in [1.82, 2.24) is 4.90 Å². The fourth-order valence-corrected chi connectivity index (χ4v) is 4.90. The molecule has 136 valence electrons. The molecule has 1 aliphatic heterocycles. The van der Waals surface area contributed by atoms with Gasteiger partial charge < -0.3 is 4.90 Å². The number of hydrogen-bond acceptors (Lipinski definition) is 1. The zero-order valence-corrected chi connectivity index (χ0v) is 16.5. The van der Waals surface area contributed by atoms with Gasteiger partial charge in [-0.05, 0) is 79.6 Å². The van der Waals surface area contributed by atoms with Crippen LogP contribution >= 0.6 is 11.6 Å². The van der Waals surface area contributed by atoms with Crippen LogP contribution in [0.4, 0.5) is 0 Å². The number of likely N-dealkylation sites (tertiary alicyclic amines) is 1. The van der Waals surface area contributed by atoms with Crippen LogP contribution in [-0.2, 0) is 0 Å². The van der Waals surface area contributed by atoms with E-state index in [9.17, 15) is 0 Å². The van der Waals surface area contributed by atoms with Gasteiger partial charge in [0.2, 0.25) is 0 Å². The number of hydrogen-bond donors (Lipinski definition) is 0. The molecule has 2 aromatic carbocycles. The number of fused-ring (bicyclic) bond motifs is 2. The van der Waals surface area contributed by atoms with Crippen molar-refractivity contribution in [3.8, 4) is 0 Å². The molecular formula is C24H28ClN. The molecule has 0 amide bonds. The van der Waals surface area contributed by atoms with Crippen molar-refractivity contribution >= 4 is 23.8 Å². The Morgan fingerprint density at radius 3 is 2.42 bits per heavy atom. The lowest BCUT2D eigenvalue weighted by Gasteiger charge is -2.39. The Hall–Kier alpha value is -1.57. The second-order valence-corrected chi connectivity index (χ2v) is 8.28. The molecule has 0 N–H and O–H groups in total. The smallest absolute Gasteiger partial charge is 0.0409 e. The van der Waals surface area contributed by atoms with E-state index < -0.39 is 0 Å². The summed E-state index contributed by atoms with van der Waals surface area (Å²) < 4.78 is 0. The minimum absolute atomic E-state index is 0.439. The monoisotopic (exact) mass is 365 g/mol. The van der Waals surface area contributed by atoms with E-state index in [2.05, 4.69) is 67.3 Å². The molecular weight excluding hydrogens is 338 g/mol. The minimum Gasteiger partial charge on any atom is -0.301 e. The van der Waals surface area contributed by atoms with Gasteiger partial charge in [0.25, 0.3) is 0 Å². The maximum Gasteiger partial charge on any atom is 0.0409 e. The zero-order valence-electron chi connectivity index (χ0n) is 15.8. The van der Waals surface area contributed by atoms with Crippen molar-refractivity contribution in [2.24, 2.45) is 5.92 Å². The Morgan fingerprint density at radius 2 is 1.69 bits per heavy atom. The molecule has 2 aliphatic rings. The van der Waals surface area contributed by atoms with E-state index in [0.29, 0.717) is 17.9 Å². The van der Waals surface area contributed by atoms with Crippen molar-refractivity contribution in [1.29, 1.82) is 0 Å². The third kappa shape index (κ3) is 3.35. The van der Waals surface area contributed by atoms with Gasteiger partial charge in [-0.1, -0.05) is 61.0 Å². The van der Waals surface area contributed by atoms with Gasteiger partial charge >= 0.3 is 0 Å². The number of benzene rings is 2. The maximum atomic E-state index is 6.41. The van der Waals surface area contributed by atoms with E-state index in [1.807, 2.05) is 6.07 Å². The van der Waals surface area contributed by atoms with Gasteiger partial charge in [-0.25, -0.2) is 0 Å². The van der Waals surface area contributed by atoms with Crippen molar-refractivity contribution in [2.75, 3.05) is 13.1 Å². The van der Waals surface area contributed by atoms with Gasteiger partial charge in [0.1, 0.15) is 0 Å². The summed E-state index contributed by atoms with van der Waals surface area (Å²) in [6.45, 7) is 7.08. The SMILES string of the molecule is CCC(C)N1CCC(C2c3ccccc3C=Cc3ccc(Cl)cc32)CC1. The Kier molecular flexibility index (Phi) is 5.20. The summed E-state index contributed by atoms with van der Waals surface area (Å²) in [6.07, 6.45) is 8.29. The molecule has 2 aromatic rings. The molecule has 0 spiro atoms. The largest absolute Gasteiger partial charge is 0.301 e. The lowest BCUT2D eigenvalue weighted by Crippen LogP contribution is -2.41. The maximum absolute atomic E-state index is 6.41. The molecule has 0 radical (unpaired) electrons. The molecule has 0 aromatic heterocycles. The predicted octanol–water partition coefficient (Wildman–Crippen LogP) is 6.47. The predicted molar refractivity (Wildman–Crippen MR) is 113 cm³/mol. The fourth-order valence-electron chi connectivity index (χ4n) is 4.72. The Balaban J connectivity index is 1.71. The number of nitrogens with zero attached hydrogens (tertiary/aromatic N) is 1. The molecule has 2 heteroatoms. The molecule has 4 rings (SSSR count). The summed E-state index contributed by atoms with van der Waals surface area (Å²) in [4.78, 5) is 2.66. The van der Waals surface area contributed by atoms with Crippen LogP contribution in [0.15, 0.2) is 42.5 Å². The van der Waals surface area contributed by atoms with Gasteiger partial charge in [0.05, 0.1) is 0 Å². The zero-order chi connectivity index (χ0) is 18.1. The molecule has 0 bridgehead atoms. The van der Waals surface area contributed by atoms with Crippen LogP contribution in [0.5, 0.6) is 0 Å². The van der Waals surface area contributed by atoms with Crippen LogP contribution in [0.2, 0.25) is 5.02 Å². The van der Waals surface area contributed by atoms with Crippen LogP contribution in [0.25, 0.3) is 12.2 Å². The summed E-state index contributed by atoms with van der Waals surface area (Å²) in [6, 6.07) is 16.0. The normalized spacial score (nSPS) is 21.7. The van der Waals surface area contributed by atoms with Crippen LogP contribution < -0.4 is 0 Å². The summed E-state index contributed by atoms with van der Waals surface area (Å²) in [5, 5.41) is 0.846. The number of rotatable bonds is 3. The lowest BCUT2D eigenvalue weighted by atomic mass is 9.74. The molecule has 2 atom stereocenters. The molecule has 2 unspecified atom stereocenters. The van der Waals surface area contributed by atoms with Crippen molar-refractivity contribution in [3.05, 3.63) is 69.7 Å². The third-order valence-electron chi connectivity index (χ3n) is 6.42. The average Bonchev–Trinajstić information content (AvgIpc) is 2.84. The molecule has 26 heavy (non-hydrogen) atoms. The van der Waals surface area contributed by atoms with Crippen LogP contribution in [0.1, 0.15) is 61.3 Å². The topological polar surface area (TPSA) is 3.24 Å². The highest BCUT2D eigenvalue weighted by Gasteiger charge is 2.32. The molecule has 1 heterocycles. The number of piperidine rings is 1. The standard InChI is InChI=1S/C24H28ClN/c1-3-17(2)26-14-12-20(13-15-26)24-22-7-5-4-6-18(22)8-9-19-10-11-21(25)16-23(19)24/h4-11,16-17,20,24H,3,12-15H2,1-2H3. The highest BCUT2D eigenvalue weighted by Crippen LogP contribution is 2.44. The van der Waals surface area contributed by atoms with E-state index in [-0.39, 0.29) is 0 Å². The van der Waals surface area contributed by atoms with E-state index in [0.717, 1.165) is 5.02 Å². The summed E-state index contributed by atoms with van der Waals surface area (Å²) in [5.74, 6) is 1.11. The molecule has 1 nitrogen and oxygen atoms in total. The van der Waals surface area contributed by atoms with E-state index in [1.54, 1.807) is 0 Å². The first-order valence-electron chi connectivity index (χ1n) is 9.98. The van der Waals surface area contributed by atoms with Gasteiger partial charge in [-0.3, -0.25) is 0 Å². The number of halogens is 1. The fraction of sp³-hybridized carbons (Fsp3) is 0.417. The molecule has 1 aliphatic carbocycles. The summed E-state index contributed by atoms with van der Waals surface area (Å²) in [7, 11) is 0. The van der Waals surface area contributed by atoms with Crippen LogP contribution in [0, 0.1) is 5.92 Å². The van der Waals surface area contributed by atoms with Crippen molar-refractivity contribution in [2.45, 2.75) is 45.1 Å². The quantitative estimate of drug-likeness (QED) is 0.602. The summed E-state index contributed by atoms with van der Waals surface area (Å²) in [5.41, 5.74) is 5.54. The highest BCUT2D eigenvalue weighted by atomic mass is 35.5. The van der Waals surface area contributed by atoms with Crippen LogP contribution in [-0.4, -0.2) is 24.0 Å². The first kappa shape index (κ1) is 17.8. The molecule has 0 saturated carbocycles. The Bertz CT molecular complexity index is 802. The highest BCUT2D eigenvalue weighted by molar-refractivity contribution is 6.30. The van der Waals surface area contributed by atoms with E-state index >= 15 is 0 Å². The van der Waals surface area contributed by atoms with Gasteiger partial charge in [-0.2, -0.15) is 0 Å². The second-order valence-electron chi connectivity index (χ2n) is 7.84. The molecule has 1 saturated heterocycles. The Labute approximate surface area is 162 Å². The lowest BCUT2D eigenvalue weighted by molar-refractivity contribution is 0.132. The second kappa shape index (κ2) is 7.58. The first-order chi connectivity index (χ1) is 12.7. The molecule has 1 fully saturated rings. The van der Waals surface area contributed by atoms with Crippen molar-refractivity contribution in [3.63, 3.8) is 0 Å². The van der Waals surface area contributed by atoms with Crippen molar-refractivity contribution < 1.29 is 0 Å². The van der Waals surface area contributed by atoms with Gasteiger partial charge in [0.15, 0.2) is 0 Å². The van der Waals surface area contributed by atoms with Gasteiger partial charge in [0, 0.05) is 17.0 Å². The van der Waals surface area contributed by atoms with Crippen LogP contribution in [0.3, 0.4) is 0 Å². The van der Waals surface area contributed by atoms with E-state index in [4.69, 9.17) is 11.6 Å². The Morgan fingerprint density at radius 1 is 1.00 bits per heavy atom.